The molecule has 3 aromatic heterocycles. The number of hydrogen-bond donors (Lipinski definition) is 1. The van der Waals surface area contributed by atoms with Crippen LogP contribution < -0.4 is 11.3 Å². The van der Waals surface area contributed by atoms with Crippen molar-refractivity contribution in [1.29, 1.82) is 0 Å². The van der Waals surface area contributed by atoms with E-state index in [1.807, 2.05) is 0 Å². The molecule has 0 radical (unpaired) electrons. The molecule has 4 aromatic rings. The molecule has 10 nitrogen and oxygen atoms in total. The first kappa shape index (κ1) is 20.1. The number of carbonyl (C=O) groups is 1. The van der Waals surface area contributed by atoms with Crippen molar-refractivity contribution in [2.24, 2.45) is 5.92 Å². The number of ether oxygens (including phenoxy) is 1. The van der Waals surface area contributed by atoms with E-state index in [2.05, 4.69) is 19.9 Å². The lowest BCUT2D eigenvalue weighted by Crippen LogP contribution is -2.32. The Morgan fingerprint density at radius 2 is 1.97 bits per heavy atom. The van der Waals surface area contributed by atoms with Gasteiger partial charge in [0.2, 0.25) is 0 Å². The number of esters is 1. The van der Waals surface area contributed by atoms with Crippen LogP contribution in [-0.2, 0) is 9.53 Å². The van der Waals surface area contributed by atoms with E-state index in [-0.39, 0.29) is 35.0 Å². The summed E-state index contributed by atoms with van der Waals surface area (Å²) >= 11 is 0. The number of fused-ring (bicyclic) bond motifs is 2. The molecule has 32 heavy (non-hydrogen) atoms. The van der Waals surface area contributed by atoms with Gasteiger partial charge in [-0.25, -0.2) is 19.9 Å². The van der Waals surface area contributed by atoms with E-state index in [0.717, 1.165) is 0 Å². The Morgan fingerprint density at radius 1 is 1.19 bits per heavy atom. The largest absolute Gasteiger partial charge is 0.469 e. The van der Waals surface area contributed by atoms with E-state index >= 15 is 0 Å². The fourth-order valence-electron chi connectivity index (χ4n) is 4.49. The zero-order valence-electron chi connectivity index (χ0n) is 17.7. The Balaban J connectivity index is 1.65. The third-order valence-corrected chi connectivity index (χ3v) is 6.07. The Labute approximate surface area is 182 Å². The van der Waals surface area contributed by atoms with Crippen molar-refractivity contribution in [1.82, 2.24) is 24.5 Å². The molecule has 0 aliphatic heterocycles. The second-order valence-electron chi connectivity index (χ2n) is 8.01. The van der Waals surface area contributed by atoms with Crippen LogP contribution in [0.5, 0.6) is 0 Å². The summed E-state index contributed by atoms with van der Waals surface area (Å²) in [7, 11) is 1.40. The van der Waals surface area contributed by atoms with Crippen molar-refractivity contribution in [3.05, 3.63) is 40.8 Å². The molecular formula is C22H22N6O4. The molecule has 3 heterocycles. The highest BCUT2D eigenvalue weighted by Gasteiger charge is 2.30. The van der Waals surface area contributed by atoms with Crippen LogP contribution in [0.25, 0.3) is 33.5 Å². The number of anilines is 1. The van der Waals surface area contributed by atoms with Gasteiger partial charge in [0.25, 0.3) is 5.56 Å². The molecule has 0 saturated heterocycles. The molecule has 1 fully saturated rings. The van der Waals surface area contributed by atoms with Gasteiger partial charge in [0.1, 0.15) is 23.1 Å². The average Bonchev–Trinajstić information content (AvgIpc) is 3.18. The second-order valence-corrected chi connectivity index (χ2v) is 8.01. The van der Waals surface area contributed by atoms with Crippen LogP contribution in [0, 0.1) is 12.8 Å². The summed E-state index contributed by atoms with van der Waals surface area (Å²) in [5.41, 5.74) is 8.74. The van der Waals surface area contributed by atoms with Gasteiger partial charge in [0.05, 0.1) is 13.0 Å². The third kappa shape index (κ3) is 3.28. The van der Waals surface area contributed by atoms with E-state index in [1.165, 1.54) is 13.4 Å². The van der Waals surface area contributed by atoms with Gasteiger partial charge in [-0.1, -0.05) is 0 Å². The third-order valence-electron chi connectivity index (χ3n) is 6.07. The van der Waals surface area contributed by atoms with Crippen molar-refractivity contribution < 1.29 is 13.9 Å². The van der Waals surface area contributed by atoms with E-state index in [1.54, 1.807) is 29.7 Å². The van der Waals surface area contributed by atoms with Crippen molar-refractivity contribution in [3.63, 3.8) is 0 Å². The quantitative estimate of drug-likeness (QED) is 0.482. The number of nitrogen functional groups attached to an aromatic ring is 1. The normalized spacial score (nSPS) is 18.8. The Hall–Kier alpha value is -3.82. The fourth-order valence-corrected chi connectivity index (χ4v) is 4.49. The molecule has 2 N–H and O–H groups in total. The molecule has 0 unspecified atom stereocenters. The van der Waals surface area contributed by atoms with Gasteiger partial charge in [0, 0.05) is 18.5 Å². The first-order valence-electron chi connectivity index (χ1n) is 10.4. The summed E-state index contributed by atoms with van der Waals surface area (Å²) in [5.74, 6) is 0.378. The lowest BCUT2D eigenvalue weighted by atomic mass is 9.86. The first-order chi connectivity index (χ1) is 15.5. The molecule has 1 aliphatic carbocycles. The molecule has 0 spiro atoms. The molecule has 1 aromatic carbocycles. The van der Waals surface area contributed by atoms with Crippen LogP contribution in [0.4, 0.5) is 5.82 Å². The summed E-state index contributed by atoms with van der Waals surface area (Å²) in [4.78, 5) is 42.9. The summed E-state index contributed by atoms with van der Waals surface area (Å²) in [6, 6.07) is 5.19. The molecule has 0 bridgehead atoms. The van der Waals surface area contributed by atoms with Crippen LogP contribution in [0.2, 0.25) is 0 Å². The number of hydrogen-bond acceptors (Lipinski definition) is 9. The van der Waals surface area contributed by atoms with Crippen LogP contribution in [0.15, 0.2) is 33.7 Å². The SMILES string of the molecule is COC(=O)C1CCC(n2c(=O)c(-c3ccc4oc(C)nc4c3)nc3c(N)ncnc32)CC1. The monoisotopic (exact) mass is 434 g/mol. The van der Waals surface area contributed by atoms with E-state index in [0.29, 0.717) is 59.4 Å². The van der Waals surface area contributed by atoms with Gasteiger partial charge in [-0.2, -0.15) is 0 Å². The number of methoxy groups -OCH3 is 1. The van der Waals surface area contributed by atoms with Crippen LogP contribution in [0.3, 0.4) is 0 Å². The van der Waals surface area contributed by atoms with Crippen molar-refractivity contribution >= 4 is 34.1 Å². The minimum Gasteiger partial charge on any atom is -0.469 e. The standard InChI is InChI=1S/C22H22N6O4/c1-11-26-15-9-13(5-8-16(15)32-11)17-21(29)28(20-18(27-17)19(23)24-10-25-20)14-6-3-12(4-7-14)22(30)31-2/h5,8-10,12,14H,3-4,6-7H2,1-2H3,(H2,23,24,25). The number of rotatable bonds is 3. The molecule has 1 saturated carbocycles. The minimum absolute atomic E-state index is 0.139. The van der Waals surface area contributed by atoms with Gasteiger partial charge in [0.15, 0.2) is 22.9 Å². The molecule has 10 heteroatoms. The number of aryl methyl sites for hydroxylation is 1. The van der Waals surface area contributed by atoms with Gasteiger partial charge >= 0.3 is 5.97 Å². The summed E-state index contributed by atoms with van der Waals surface area (Å²) in [5, 5.41) is 0. The van der Waals surface area contributed by atoms with E-state index in [4.69, 9.17) is 14.9 Å². The topological polar surface area (TPSA) is 139 Å². The highest BCUT2D eigenvalue weighted by Crippen LogP contribution is 2.34. The number of nitrogens with two attached hydrogens (primary N) is 1. The molecular weight excluding hydrogens is 412 g/mol. The van der Waals surface area contributed by atoms with Gasteiger partial charge < -0.3 is 14.9 Å². The zero-order chi connectivity index (χ0) is 22.4. The number of aromatic nitrogens is 5. The number of carbonyl (C=O) groups excluding carboxylic acids is 1. The number of nitrogens with zero attached hydrogens (tertiary/aromatic N) is 5. The lowest BCUT2D eigenvalue weighted by Gasteiger charge is -2.29. The Morgan fingerprint density at radius 3 is 2.72 bits per heavy atom. The molecule has 164 valence electrons. The number of oxazole rings is 1. The Kier molecular flexibility index (Phi) is 4.84. The second kappa shape index (κ2) is 7.70. The minimum atomic E-state index is -0.267. The van der Waals surface area contributed by atoms with Crippen LogP contribution in [0.1, 0.15) is 37.6 Å². The molecule has 1 aliphatic rings. The maximum Gasteiger partial charge on any atom is 0.308 e. The molecule has 0 amide bonds. The van der Waals surface area contributed by atoms with Gasteiger partial charge in [-0.3, -0.25) is 14.2 Å². The predicted octanol–water partition coefficient (Wildman–Crippen LogP) is 2.79. The maximum absolute atomic E-state index is 13.7. The average molecular weight is 434 g/mol. The van der Waals surface area contributed by atoms with Crippen molar-refractivity contribution in [2.75, 3.05) is 12.8 Å². The van der Waals surface area contributed by atoms with Crippen molar-refractivity contribution in [2.45, 2.75) is 38.6 Å². The van der Waals surface area contributed by atoms with Crippen LogP contribution >= 0.6 is 0 Å². The van der Waals surface area contributed by atoms with Crippen molar-refractivity contribution in [3.8, 4) is 11.3 Å². The van der Waals surface area contributed by atoms with E-state index < -0.39 is 0 Å². The number of benzene rings is 1. The summed E-state index contributed by atoms with van der Waals surface area (Å²) in [6.07, 6.45) is 3.88. The lowest BCUT2D eigenvalue weighted by molar-refractivity contribution is -0.146. The van der Waals surface area contributed by atoms with E-state index in [9.17, 15) is 9.59 Å². The molecule has 0 atom stereocenters. The fraction of sp³-hybridized carbons (Fsp3) is 0.364. The highest BCUT2D eigenvalue weighted by atomic mass is 16.5. The maximum atomic E-state index is 13.7. The highest BCUT2D eigenvalue weighted by molar-refractivity contribution is 5.85. The predicted molar refractivity (Wildman–Crippen MR) is 117 cm³/mol. The smallest absolute Gasteiger partial charge is 0.308 e. The first-order valence-corrected chi connectivity index (χ1v) is 10.4. The summed E-state index contributed by atoms with van der Waals surface area (Å²) < 4.78 is 12.1. The summed E-state index contributed by atoms with van der Waals surface area (Å²) in [6.45, 7) is 1.77. The zero-order valence-corrected chi connectivity index (χ0v) is 17.7. The van der Waals surface area contributed by atoms with Crippen LogP contribution in [-0.4, -0.2) is 37.6 Å². The van der Waals surface area contributed by atoms with Gasteiger partial charge in [-0.05, 0) is 43.9 Å². The molecule has 5 rings (SSSR count). The Bertz CT molecular complexity index is 1400. The van der Waals surface area contributed by atoms with Gasteiger partial charge in [-0.15, -0.1) is 0 Å².